The van der Waals surface area contributed by atoms with E-state index >= 15 is 0 Å². The second-order valence-corrected chi connectivity index (χ2v) is 6.38. The number of nitrogens with zero attached hydrogens (tertiary/aromatic N) is 2. The molecule has 4 heteroatoms. The summed E-state index contributed by atoms with van der Waals surface area (Å²) in [6, 6.07) is 0. The Balaban J connectivity index is 4.02. The van der Waals surface area contributed by atoms with Crippen LogP contribution in [0, 0.1) is 0 Å². The van der Waals surface area contributed by atoms with Crippen LogP contribution in [0.1, 0.15) is 40.0 Å². The zero-order chi connectivity index (χ0) is 12.1. The fourth-order valence-electron chi connectivity index (χ4n) is 1.36. The van der Waals surface area contributed by atoms with E-state index < -0.39 is 0 Å². The standard InChI is InChI=1S/C11H25Cl2N2/c1-6-7-9-15(4,5)10-8-11(2,3)14(12)13/h6-10H2,1-5H3/q+1. The van der Waals surface area contributed by atoms with Gasteiger partial charge in [-0.3, -0.25) is 0 Å². The fraction of sp³-hybridized carbons (Fsp3) is 1.00. The van der Waals surface area contributed by atoms with Gasteiger partial charge in [-0.25, -0.2) is 0 Å². The summed E-state index contributed by atoms with van der Waals surface area (Å²) in [6.07, 6.45) is 3.53. The van der Waals surface area contributed by atoms with Crippen molar-refractivity contribution in [2.75, 3.05) is 27.2 Å². The molecule has 2 nitrogen and oxygen atoms in total. The number of halogens is 2. The molecule has 0 unspecified atom stereocenters. The lowest BCUT2D eigenvalue weighted by Gasteiger charge is -2.35. The SMILES string of the molecule is CCCC[N+](C)(C)CCC(C)(C)N(Cl)Cl. The summed E-state index contributed by atoms with van der Waals surface area (Å²) in [5.74, 6) is 0. The number of unbranched alkanes of at least 4 members (excludes halogenated alkanes) is 1. The predicted molar refractivity (Wildman–Crippen MR) is 69.0 cm³/mol. The number of quaternary nitrogens is 1. The summed E-state index contributed by atoms with van der Waals surface area (Å²) in [6.45, 7) is 8.67. The summed E-state index contributed by atoms with van der Waals surface area (Å²) in [7, 11) is 4.52. The third-order valence-electron chi connectivity index (χ3n) is 2.90. The molecule has 0 saturated carbocycles. The van der Waals surface area contributed by atoms with Gasteiger partial charge in [0.25, 0.3) is 0 Å². The highest BCUT2D eigenvalue weighted by Gasteiger charge is 2.28. The zero-order valence-corrected chi connectivity index (χ0v) is 12.2. The highest BCUT2D eigenvalue weighted by molar-refractivity contribution is 6.34. The Hall–Kier alpha value is 0.500. The molecular formula is C11H25Cl2N2+. The van der Waals surface area contributed by atoms with E-state index in [9.17, 15) is 0 Å². The lowest BCUT2D eigenvalue weighted by Crippen LogP contribution is -2.45. The first-order chi connectivity index (χ1) is 6.71. The highest BCUT2D eigenvalue weighted by atomic mass is 35.5. The molecule has 0 aliphatic heterocycles. The van der Waals surface area contributed by atoms with Crippen molar-refractivity contribution >= 4 is 23.6 Å². The molecule has 0 aromatic carbocycles. The Labute approximate surface area is 105 Å². The molecule has 0 saturated heterocycles. The molecule has 0 amide bonds. The second kappa shape index (κ2) is 6.29. The Bertz CT molecular complexity index is 179. The maximum Gasteiger partial charge on any atom is 0.0801 e. The lowest BCUT2D eigenvalue weighted by molar-refractivity contribution is -0.891. The van der Waals surface area contributed by atoms with Crippen LogP contribution in [0.25, 0.3) is 0 Å². The van der Waals surface area contributed by atoms with Gasteiger partial charge in [0.2, 0.25) is 0 Å². The minimum atomic E-state index is -0.148. The van der Waals surface area contributed by atoms with Crippen LogP contribution in [0.4, 0.5) is 0 Å². The highest BCUT2D eigenvalue weighted by Crippen LogP contribution is 2.24. The molecule has 0 N–H and O–H groups in total. The molecule has 92 valence electrons. The van der Waals surface area contributed by atoms with E-state index in [1.807, 2.05) is 0 Å². The second-order valence-electron chi connectivity index (χ2n) is 5.53. The third-order valence-corrected chi connectivity index (χ3v) is 3.82. The van der Waals surface area contributed by atoms with Crippen LogP contribution in [-0.4, -0.2) is 41.1 Å². The van der Waals surface area contributed by atoms with Gasteiger partial charge in [-0.1, -0.05) is 13.3 Å². The van der Waals surface area contributed by atoms with E-state index in [0.29, 0.717) is 0 Å². The van der Waals surface area contributed by atoms with Crippen LogP contribution in [0.15, 0.2) is 0 Å². The fourth-order valence-corrected chi connectivity index (χ4v) is 1.53. The summed E-state index contributed by atoms with van der Waals surface area (Å²) < 4.78 is 2.31. The first-order valence-electron chi connectivity index (χ1n) is 5.65. The van der Waals surface area contributed by atoms with Crippen LogP contribution < -0.4 is 0 Å². The summed E-state index contributed by atoms with van der Waals surface area (Å²) >= 11 is 11.6. The summed E-state index contributed by atoms with van der Waals surface area (Å²) in [5, 5.41) is 0. The maximum absolute atomic E-state index is 5.79. The zero-order valence-electron chi connectivity index (χ0n) is 10.7. The Morgan fingerprint density at radius 3 is 2.07 bits per heavy atom. The largest absolute Gasteiger partial charge is 0.328 e. The van der Waals surface area contributed by atoms with Crippen LogP contribution in [0.3, 0.4) is 0 Å². The average molecular weight is 256 g/mol. The number of hydrogen-bond acceptors (Lipinski definition) is 1. The van der Waals surface area contributed by atoms with E-state index in [4.69, 9.17) is 23.6 Å². The van der Waals surface area contributed by atoms with Gasteiger partial charge in [-0.05, 0) is 43.8 Å². The van der Waals surface area contributed by atoms with Crippen LogP contribution in [0.2, 0.25) is 0 Å². The van der Waals surface area contributed by atoms with Crippen molar-refractivity contribution in [1.29, 1.82) is 0 Å². The van der Waals surface area contributed by atoms with Crippen molar-refractivity contribution in [3.8, 4) is 0 Å². The Morgan fingerprint density at radius 1 is 1.13 bits per heavy atom. The van der Waals surface area contributed by atoms with Gasteiger partial charge >= 0.3 is 0 Å². The molecule has 0 heterocycles. The molecule has 0 spiro atoms. The Morgan fingerprint density at radius 2 is 1.67 bits per heavy atom. The quantitative estimate of drug-likeness (QED) is 0.496. The lowest BCUT2D eigenvalue weighted by atomic mass is 10.0. The molecular weight excluding hydrogens is 231 g/mol. The molecule has 0 bridgehead atoms. The van der Waals surface area contributed by atoms with Crippen molar-refractivity contribution < 1.29 is 4.48 Å². The molecule has 0 atom stereocenters. The smallest absolute Gasteiger partial charge is 0.0801 e. The van der Waals surface area contributed by atoms with Gasteiger partial charge < -0.3 is 4.48 Å². The van der Waals surface area contributed by atoms with Crippen LogP contribution >= 0.6 is 23.6 Å². The van der Waals surface area contributed by atoms with Crippen molar-refractivity contribution in [3.05, 3.63) is 0 Å². The van der Waals surface area contributed by atoms with Gasteiger partial charge in [0, 0.05) is 6.42 Å². The van der Waals surface area contributed by atoms with E-state index in [1.165, 1.54) is 23.3 Å². The minimum Gasteiger partial charge on any atom is -0.328 e. The monoisotopic (exact) mass is 255 g/mol. The normalized spacial score (nSPS) is 13.6. The summed E-state index contributed by atoms with van der Waals surface area (Å²) in [5.41, 5.74) is -0.148. The van der Waals surface area contributed by atoms with Crippen molar-refractivity contribution in [3.63, 3.8) is 0 Å². The number of hydrogen-bond donors (Lipinski definition) is 0. The van der Waals surface area contributed by atoms with Crippen molar-refractivity contribution in [2.24, 2.45) is 0 Å². The van der Waals surface area contributed by atoms with Gasteiger partial charge in [0.15, 0.2) is 0 Å². The molecule has 0 aromatic heterocycles. The molecule has 0 aliphatic rings. The molecule has 15 heavy (non-hydrogen) atoms. The van der Waals surface area contributed by atoms with Crippen LogP contribution in [0.5, 0.6) is 0 Å². The first kappa shape index (κ1) is 15.5. The van der Waals surface area contributed by atoms with Crippen LogP contribution in [-0.2, 0) is 0 Å². The topological polar surface area (TPSA) is 3.24 Å². The van der Waals surface area contributed by atoms with Gasteiger partial charge in [-0.2, -0.15) is 0 Å². The van der Waals surface area contributed by atoms with E-state index in [-0.39, 0.29) is 5.54 Å². The number of rotatable bonds is 7. The first-order valence-corrected chi connectivity index (χ1v) is 6.33. The van der Waals surface area contributed by atoms with Gasteiger partial charge in [0.1, 0.15) is 0 Å². The average Bonchev–Trinajstić information content (AvgIpc) is 2.12. The molecule has 0 aliphatic carbocycles. The predicted octanol–water partition coefficient (Wildman–Crippen LogP) is 3.64. The molecule has 0 radical (unpaired) electrons. The minimum absolute atomic E-state index is 0.148. The molecule has 0 aromatic rings. The Kier molecular flexibility index (Phi) is 6.50. The molecule has 0 fully saturated rings. The van der Waals surface area contributed by atoms with Crippen molar-refractivity contribution in [1.82, 2.24) is 3.94 Å². The van der Waals surface area contributed by atoms with E-state index in [2.05, 4.69) is 34.9 Å². The van der Waals surface area contributed by atoms with Crippen molar-refractivity contribution in [2.45, 2.75) is 45.6 Å². The van der Waals surface area contributed by atoms with E-state index in [0.717, 1.165) is 17.4 Å². The third kappa shape index (κ3) is 6.62. The summed E-state index contributed by atoms with van der Waals surface area (Å²) in [4.78, 5) is 0. The maximum atomic E-state index is 5.79. The van der Waals surface area contributed by atoms with Gasteiger partial charge in [0.05, 0.1) is 32.7 Å². The molecule has 0 rings (SSSR count). The van der Waals surface area contributed by atoms with Gasteiger partial charge in [-0.15, -0.1) is 3.94 Å². The van der Waals surface area contributed by atoms with E-state index in [1.54, 1.807) is 0 Å².